The molecule has 0 spiro atoms. The Kier molecular flexibility index (Phi) is 8.46. The lowest BCUT2D eigenvalue weighted by Crippen LogP contribution is -2.39. The van der Waals surface area contributed by atoms with Crippen molar-refractivity contribution < 1.29 is 14.7 Å². The third-order valence-electron chi connectivity index (χ3n) is 3.12. The molecule has 0 aromatic rings. The third kappa shape index (κ3) is 5.71. The molecular formula is C13H25NO3. The molecule has 0 heterocycles. The highest BCUT2D eigenvalue weighted by atomic mass is 16.4. The minimum atomic E-state index is -0.814. The van der Waals surface area contributed by atoms with E-state index in [4.69, 9.17) is 5.11 Å². The van der Waals surface area contributed by atoms with Gasteiger partial charge in [0.25, 0.3) is 0 Å². The van der Waals surface area contributed by atoms with E-state index in [1.807, 2.05) is 6.92 Å². The fourth-order valence-electron chi connectivity index (χ4n) is 2.06. The van der Waals surface area contributed by atoms with Crippen LogP contribution in [0, 0.1) is 5.92 Å². The van der Waals surface area contributed by atoms with Crippen LogP contribution in [0.2, 0.25) is 0 Å². The number of aliphatic carboxylic acids is 1. The molecule has 1 N–H and O–H groups in total. The first-order valence-electron chi connectivity index (χ1n) is 6.54. The summed E-state index contributed by atoms with van der Waals surface area (Å²) >= 11 is 0. The van der Waals surface area contributed by atoms with E-state index in [2.05, 4.69) is 13.8 Å². The molecule has 17 heavy (non-hydrogen) atoms. The van der Waals surface area contributed by atoms with Gasteiger partial charge >= 0.3 is 5.97 Å². The summed E-state index contributed by atoms with van der Waals surface area (Å²) in [5.74, 6) is -1.26. The molecule has 0 fully saturated rings. The number of amides is 1. The van der Waals surface area contributed by atoms with Gasteiger partial charge in [0.15, 0.2) is 0 Å². The van der Waals surface area contributed by atoms with Gasteiger partial charge in [0.05, 0.1) is 5.92 Å². The van der Waals surface area contributed by atoms with Gasteiger partial charge in [-0.2, -0.15) is 0 Å². The number of nitrogens with zero attached hydrogens (tertiary/aromatic N) is 1. The summed E-state index contributed by atoms with van der Waals surface area (Å²) in [6.45, 7) is 6.34. The zero-order chi connectivity index (χ0) is 13.3. The minimum absolute atomic E-state index is 0.191. The molecule has 4 heteroatoms. The van der Waals surface area contributed by atoms with Crippen molar-refractivity contribution in [1.29, 1.82) is 0 Å². The summed E-state index contributed by atoms with van der Waals surface area (Å²) in [6, 6.07) is 0.191. The van der Waals surface area contributed by atoms with Crippen LogP contribution in [0.4, 0.5) is 0 Å². The zero-order valence-electron chi connectivity index (χ0n) is 11.2. The first kappa shape index (κ1) is 15.9. The highest BCUT2D eigenvalue weighted by molar-refractivity contribution is 5.70. The first-order valence-corrected chi connectivity index (χ1v) is 6.54. The largest absolute Gasteiger partial charge is 0.481 e. The van der Waals surface area contributed by atoms with E-state index in [9.17, 15) is 9.59 Å². The van der Waals surface area contributed by atoms with E-state index in [-0.39, 0.29) is 6.04 Å². The third-order valence-corrected chi connectivity index (χ3v) is 3.12. The van der Waals surface area contributed by atoms with Crippen LogP contribution in [0.15, 0.2) is 0 Å². The van der Waals surface area contributed by atoms with Crippen molar-refractivity contribution in [1.82, 2.24) is 4.90 Å². The molecule has 0 aromatic heterocycles. The fourth-order valence-corrected chi connectivity index (χ4v) is 2.06. The fraction of sp³-hybridized carbons (Fsp3) is 0.846. The highest BCUT2D eigenvalue weighted by Gasteiger charge is 2.22. The lowest BCUT2D eigenvalue weighted by Gasteiger charge is -2.30. The molecule has 0 saturated heterocycles. The number of carboxylic acid groups (broad SMARTS) is 1. The second-order valence-corrected chi connectivity index (χ2v) is 4.48. The van der Waals surface area contributed by atoms with Crippen LogP contribution in [0.25, 0.3) is 0 Å². The van der Waals surface area contributed by atoms with Gasteiger partial charge in [0.2, 0.25) is 6.41 Å². The summed E-state index contributed by atoms with van der Waals surface area (Å²) in [6.07, 6.45) is 5.29. The smallest absolute Gasteiger partial charge is 0.308 e. The van der Waals surface area contributed by atoms with E-state index < -0.39 is 11.9 Å². The van der Waals surface area contributed by atoms with Crippen molar-refractivity contribution >= 4 is 12.4 Å². The molecule has 0 radical (unpaired) electrons. The van der Waals surface area contributed by atoms with Crippen LogP contribution >= 0.6 is 0 Å². The van der Waals surface area contributed by atoms with Crippen molar-refractivity contribution in [2.24, 2.45) is 5.92 Å². The normalized spacial score (nSPS) is 12.5. The Hall–Kier alpha value is -1.06. The second kappa shape index (κ2) is 9.02. The van der Waals surface area contributed by atoms with Gasteiger partial charge in [-0.3, -0.25) is 9.59 Å². The Morgan fingerprint density at radius 2 is 1.76 bits per heavy atom. The van der Waals surface area contributed by atoms with Gasteiger partial charge < -0.3 is 10.0 Å². The number of hydrogen-bond acceptors (Lipinski definition) is 2. The predicted molar refractivity (Wildman–Crippen MR) is 67.8 cm³/mol. The highest BCUT2D eigenvalue weighted by Crippen LogP contribution is 2.15. The molecule has 100 valence electrons. The van der Waals surface area contributed by atoms with Gasteiger partial charge in [-0.05, 0) is 19.3 Å². The van der Waals surface area contributed by atoms with Gasteiger partial charge in [-0.1, -0.05) is 33.6 Å². The number of hydrogen-bond donors (Lipinski definition) is 1. The monoisotopic (exact) mass is 243 g/mol. The van der Waals surface area contributed by atoms with Gasteiger partial charge in [0.1, 0.15) is 0 Å². The molecule has 1 amide bonds. The van der Waals surface area contributed by atoms with Gasteiger partial charge in [-0.15, -0.1) is 0 Å². The molecule has 0 rings (SSSR count). The van der Waals surface area contributed by atoms with Gasteiger partial charge in [-0.25, -0.2) is 0 Å². The standard InChI is InChI=1S/C13H25NO3/c1-4-7-12(8-5-2)14(10-15)9-11(6-3)13(16)17/h10-12H,4-9H2,1-3H3,(H,16,17). The topological polar surface area (TPSA) is 57.6 Å². The van der Waals surface area contributed by atoms with E-state index in [1.165, 1.54) is 0 Å². The molecule has 0 aliphatic rings. The minimum Gasteiger partial charge on any atom is -0.481 e. The average Bonchev–Trinajstić information content (AvgIpc) is 2.30. The Morgan fingerprint density at radius 3 is 2.06 bits per heavy atom. The summed E-state index contributed by atoms with van der Waals surface area (Å²) in [5, 5.41) is 9.02. The van der Waals surface area contributed by atoms with Crippen molar-refractivity contribution in [2.45, 2.75) is 58.9 Å². The quantitative estimate of drug-likeness (QED) is 0.600. The van der Waals surface area contributed by atoms with Crippen LogP contribution in [-0.4, -0.2) is 35.0 Å². The molecular weight excluding hydrogens is 218 g/mol. The summed E-state index contributed by atoms with van der Waals surface area (Å²) in [5.41, 5.74) is 0. The molecule has 0 aliphatic carbocycles. The summed E-state index contributed by atoms with van der Waals surface area (Å²) in [7, 11) is 0. The molecule has 4 nitrogen and oxygen atoms in total. The van der Waals surface area contributed by atoms with Crippen LogP contribution in [-0.2, 0) is 9.59 Å². The number of carboxylic acids is 1. The maximum Gasteiger partial charge on any atom is 0.308 e. The molecule has 1 atom stereocenters. The van der Waals surface area contributed by atoms with Crippen LogP contribution in [0.3, 0.4) is 0 Å². The van der Waals surface area contributed by atoms with E-state index in [0.717, 1.165) is 32.1 Å². The van der Waals surface area contributed by atoms with E-state index in [0.29, 0.717) is 13.0 Å². The number of carbonyl (C=O) groups is 2. The Bertz CT molecular complexity index is 225. The predicted octanol–water partition coefficient (Wildman–Crippen LogP) is 2.52. The van der Waals surface area contributed by atoms with Crippen molar-refractivity contribution in [3.8, 4) is 0 Å². The molecule has 0 aliphatic heterocycles. The van der Waals surface area contributed by atoms with Crippen LogP contribution in [0.5, 0.6) is 0 Å². The molecule has 1 unspecified atom stereocenters. The van der Waals surface area contributed by atoms with Crippen molar-refractivity contribution in [2.75, 3.05) is 6.54 Å². The Labute approximate surface area is 104 Å². The zero-order valence-corrected chi connectivity index (χ0v) is 11.2. The lowest BCUT2D eigenvalue weighted by atomic mass is 10.0. The summed E-state index contributed by atoms with van der Waals surface area (Å²) in [4.78, 5) is 23.8. The van der Waals surface area contributed by atoms with Crippen molar-refractivity contribution in [3.63, 3.8) is 0 Å². The van der Waals surface area contributed by atoms with Crippen LogP contribution in [0.1, 0.15) is 52.9 Å². The maximum atomic E-state index is 11.1. The van der Waals surface area contributed by atoms with Crippen molar-refractivity contribution in [3.05, 3.63) is 0 Å². The Balaban J connectivity index is 4.54. The maximum absolute atomic E-state index is 11.1. The Morgan fingerprint density at radius 1 is 1.24 bits per heavy atom. The van der Waals surface area contributed by atoms with E-state index >= 15 is 0 Å². The number of carbonyl (C=O) groups excluding carboxylic acids is 1. The van der Waals surface area contributed by atoms with Gasteiger partial charge in [0, 0.05) is 12.6 Å². The average molecular weight is 243 g/mol. The number of rotatable bonds is 10. The SMILES string of the molecule is CCCC(CCC)N(C=O)CC(CC)C(=O)O. The molecule has 0 bridgehead atoms. The molecule has 0 saturated carbocycles. The first-order chi connectivity index (χ1) is 8.10. The summed E-state index contributed by atoms with van der Waals surface area (Å²) < 4.78 is 0. The van der Waals surface area contributed by atoms with Crippen LogP contribution < -0.4 is 0 Å². The molecule has 0 aromatic carbocycles. The second-order valence-electron chi connectivity index (χ2n) is 4.48. The van der Waals surface area contributed by atoms with E-state index in [1.54, 1.807) is 4.90 Å². The lowest BCUT2D eigenvalue weighted by molar-refractivity contribution is -0.143.